The molecule has 0 spiro atoms. The highest BCUT2D eigenvalue weighted by Gasteiger charge is 2.05. The topological polar surface area (TPSA) is 163 Å². The Morgan fingerprint density at radius 3 is 0.920 bits per heavy atom. The van der Waals surface area contributed by atoms with Gasteiger partial charge in [0.05, 0.1) is 165 Å². The van der Waals surface area contributed by atoms with E-state index in [1.807, 2.05) is 6.07 Å². The fourth-order valence-corrected chi connectivity index (χ4v) is 3.48. The van der Waals surface area contributed by atoms with Gasteiger partial charge in [-0.25, -0.2) is 9.59 Å². The molecule has 0 heterocycles. The Hall–Kier alpha value is -2.32. The van der Waals surface area contributed by atoms with E-state index in [0.717, 1.165) is 0 Å². The third-order valence-electron chi connectivity index (χ3n) is 6.01. The molecular formula is C34H58O16. The van der Waals surface area contributed by atoms with Crippen LogP contribution in [0.15, 0.2) is 30.3 Å². The van der Waals surface area contributed by atoms with Gasteiger partial charge < -0.3 is 66.3 Å². The van der Waals surface area contributed by atoms with Crippen molar-refractivity contribution < 1.29 is 75.9 Å². The molecule has 0 saturated heterocycles. The van der Waals surface area contributed by atoms with E-state index in [-0.39, 0.29) is 19.2 Å². The van der Waals surface area contributed by atoms with Crippen molar-refractivity contribution in [3.8, 4) is 0 Å². The first-order chi connectivity index (χ1) is 24.7. The number of carbonyl (C=O) groups excluding carboxylic acids is 2. The van der Waals surface area contributed by atoms with Crippen LogP contribution in [0.5, 0.6) is 0 Å². The standard InChI is InChI=1S/C34H58O16/c1-37-33(35)31-49-28-27-47-24-23-45-20-19-43-16-15-41-12-11-39-8-7-38-9-10-40-13-14-42-17-18-44-21-22-46-25-26-48-29-30-50-34(36)32-5-3-2-4-6-32/h2-6H,7-31H2,1H3. The second-order valence-corrected chi connectivity index (χ2v) is 9.87. The number of rotatable bonds is 39. The highest BCUT2D eigenvalue weighted by molar-refractivity contribution is 5.89. The lowest BCUT2D eigenvalue weighted by Gasteiger charge is -2.09. The van der Waals surface area contributed by atoms with Crippen LogP contribution in [0.3, 0.4) is 0 Å². The van der Waals surface area contributed by atoms with Gasteiger partial charge in [-0.15, -0.1) is 0 Å². The summed E-state index contributed by atoms with van der Waals surface area (Å²) in [5.74, 6) is -0.773. The van der Waals surface area contributed by atoms with Crippen LogP contribution in [0.25, 0.3) is 0 Å². The first-order valence-electron chi connectivity index (χ1n) is 17.0. The maximum Gasteiger partial charge on any atom is 0.338 e. The van der Waals surface area contributed by atoms with Crippen LogP contribution in [0, 0.1) is 0 Å². The average Bonchev–Trinajstić information content (AvgIpc) is 3.14. The SMILES string of the molecule is COC(=O)COCCOCCOCCOCCOCCOCCOCCOCCOCCOCCOCCOCCOC(=O)c1ccccc1. The molecule has 16 heteroatoms. The minimum absolute atomic E-state index is 0.0753. The predicted molar refractivity (Wildman–Crippen MR) is 179 cm³/mol. The lowest BCUT2D eigenvalue weighted by molar-refractivity contribution is -0.146. The largest absolute Gasteiger partial charge is 0.467 e. The maximum absolute atomic E-state index is 11.8. The fraction of sp³-hybridized carbons (Fsp3) is 0.765. The van der Waals surface area contributed by atoms with Crippen molar-refractivity contribution in [2.45, 2.75) is 0 Å². The van der Waals surface area contributed by atoms with Crippen molar-refractivity contribution in [3.63, 3.8) is 0 Å². The maximum atomic E-state index is 11.8. The van der Waals surface area contributed by atoms with E-state index in [2.05, 4.69) is 4.74 Å². The number of esters is 2. The van der Waals surface area contributed by atoms with Crippen LogP contribution in [0.1, 0.15) is 10.4 Å². The van der Waals surface area contributed by atoms with Gasteiger partial charge in [-0.2, -0.15) is 0 Å². The van der Waals surface area contributed by atoms with Gasteiger partial charge in [0.25, 0.3) is 0 Å². The van der Waals surface area contributed by atoms with Crippen molar-refractivity contribution in [2.75, 3.05) is 172 Å². The van der Waals surface area contributed by atoms with Crippen LogP contribution in [0.2, 0.25) is 0 Å². The summed E-state index contributed by atoms with van der Waals surface area (Å²) in [6.07, 6.45) is 0. The molecule has 1 aromatic carbocycles. The first-order valence-corrected chi connectivity index (χ1v) is 17.0. The lowest BCUT2D eigenvalue weighted by atomic mass is 10.2. The van der Waals surface area contributed by atoms with Crippen molar-refractivity contribution >= 4 is 11.9 Å². The van der Waals surface area contributed by atoms with Crippen LogP contribution in [0.4, 0.5) is 0 Å². The number of benzene rings is 1. The predicted octanol–water partition coefficient (Wildman–Crippen LogP) is 1.22. The van der Waals surface area contributed by atoms with Crippen LogP contribution >= 0.6 is 0 Å². The van der Waals surface area contributed by atoms with E-state index in [4.69, 9.17) is 61.6 Å². The molecule has 1 aromatic rings. The summed E-state index contributed by atoms with van der Waals surface area (Å²) in [7, 11) is 1.31. The van der Waals surface area contributed by atoms with Gasteiger partial charge in [0, 0.05) is 0 Å². The summed E-state index contributed by atoms with van der Waals surface area (Å²) in [4.78, 5) is 22.6. The van der Waals surface area contributed by atoms with E-state index < -0.39 is 5.97 Å². The lowest BCUT2D eigenvalue weighted by Crippen LogP contribution is -2.16. The molecule has 0 radical (unpaired) electrons. The number of methoxy groups -OCH3 is 1. The van der Waals surface area contributed by atoms with Gasteiger partial charge in [0.2, 0.25) is 0 Å². The second kappa shape index (κ2) is 37.9. The number of carbonyl (C=O) groups is 2. The molecule has 0 aliphatic heterocycles. The van der Waals surface area contributed by atoms with Crippen LogP contribution in [-0.4, -0.2) is 184 Å². The summed E-state index contributed by atoms with van der Waals surface area (Å²) in [6.45, 7) is 10.5. The van der Waals surface area contributed by atoms with E-state index in [9.17, 15) is 9.59 Å². The van der Waals surface area contributed by atoms with Gasteiger partial charge in [-0.05, 0) is 12.1 Å². The van der Waals surface area contributed by atoms with Gasteiger partial charge in [0.1, 0.15) is 13.2 Å². The Kier molecular flexibility index (Phi) is 34.7. The van der Waals surface area contributed by atoms with Gasteiger partial charge in [-0.1, -0.05) is 18.2 Å². The molecule has 0 unspecified atom stereocenters. The van der Waals surface area contributed by atoms with Gasteiger partial charge in [-0.3, -0.25) is 0 Å². The summed E-state index contributed by atoms with van der Waals surface area (Å²) >= 11 is 0. The smallest absolute Gasteiger partial charge is 0.338 e. The van der Waals surface area contributed by atoms with Crippen LogP contribution in [-0.2, 0) is 71.1 Å². The molecule has 0 aliphatic carbocycles. The minimum atomic E-state index is -0.412. The molecule has 0 atom stereocenters. The van der Waals surface area contributed by atoms with Crippen LogP contribution < -0.4 is 0 Å². The van der Waals surface area contributed by atoms with Crippen molar-refractivity contribution in [2.24, 2.45) is 0 Å². The zero-order valence-corrected chi connectivity index (χ0v) is 29.6. The Morgan fingerprint density at radius 1 is 0.380 bits per heavy atom. The Bertz CT molecular complexity index is 863. The molecule has 16 nitrogen and oxygen atoms in total. The molecular weight excluding hydrogens is 664 g/mol. The first kappa shape index (κ1) is 45.7. The average molecular weight is 723 g/mol. The monoisotopic (exact) mass is 722 g/mol. The van der Waals surface area contributed by atoms with Crippen molar-refractivity contribution in [3.05, 3.63) is 35.9 Å². The summed E-state index contributed by atoms with van der Waals surface area (Å²) in [6, 6.07) is 8.83. The molecule has 50 heavy (non-hydrogen) atoms. The van der Waals surface area contributed by atoms with Crippen molar-refractivity contribution in [1.29, 1.82) is 0 Å². The quantitative estimate of drug-likeness (QED) is 0.0703. The molecule has 0 aliphatic rings. The zero-order valence-electron chi connectivity index (χ0n) is 29.6. The molecule has 0 saturated carbocycles. The zero-order chi connectivity index (χ0) is 35.8. The Labute approximate surface area is 296 Å². The summed E-state index contributed by atoms with van der Waals surface area (Å²) in [5, 5.41) is 0. The van der Waals surface area contributed by atoms with Gasteiger partial charge >= 0.3 is 11.9 Å². The molecule has 1 rings (SSSR count). The second-order valence-electron chi connectivity index (χ2n) is 9.87. The summed E-state index contributed by atoms with van der Waals surface area (Å²) < 4.78 is 74.4. The normalized spacial score (nSPS) is 11.2. The van der Waals surface area contributed by atoms with E-state index in [0.29, 0.717) is 158 Å². The molecule has 0 bridgehead atoms. The molecule has 0 fully saturated rings. The van der Waals surface area contributed by atoms with E-state index >= 15 is 0 Å². The van der Waals surface area contributed by atoms with Crippen molar-refractivity contribution in [1.82, 2.24) is 0 Å². The van der Waals surface area contributed by atoms with E-state index in [1.165, 1.54) is 7.11 Å². The minimum Gasteiger partial charge on any atom is -0.467 e. The third-order valence-corrected chi connectivity index (χ3v) is 6.01. The fourth-order valence-electron chi connectivity index (χ4n) is 3.48. The number of hydrogen-bond acceptors (Lipinski definition) is 16. The highest BCUT2D eigenvalue weighted by atomic mass is 16.6. The number of ether oxygens (including phenoxy) is 14. The third kappa shape index (κ3) is 32.9. The molecule has 290 valence electrons. The molecule has 0 amide bonds. The number of hydrogen-bond donors (Lipinski definition) is 0. The Morgan fingerprint density at radius 2 is 0.640 bits per heavy atom. The molecule has 0 N–H and O–H groups in total. The summed E-state index contributed by atoms with van der Waals surface area (Å²) in [5.41, 5.74) is 0.521. The highest BCUT2D eigenvalue weighted by Crippen LogP contribution is 2.00. The Balaban J connectivity index is 1.63. The molecule has 0 aromatic heterocycles. The van der Waals surface area contributed by atoms with Gasteiger partial charge in [0.15, 0.2) is 0 Å². The van der Waals surface area contributed by atoms with E-state index in [1.54, 1.807) is 24.3 Å².